The lowest BCUT2D eigenvalue weighted by atomic mass is 10.1. The maximum atomic E-state index is 12.6. The number of thioether (sulfide) groups is 1. The molecule has 22 heavy (non-hydrogen) atoms. The van der Waals surface area contributed by atoms with Gasteiger partial charge in [-0.1, -0.05) is 11.8 Å². The van der Waals surface area contributed by atoms with Gasteiger partial charge in [0.05, 0.1) is 12.2 Å². The first-order valence-electron chi connectivity index (χ1n) is 6.21. The van der Waals surface area contributed by atoms with Crippen LogP contribution in [0, 0.1) is 5.92 Å². The smallest absolute Gasteiger partial charge is 0.433 e. The van der Waals surface area contributed by atoms with Crippen LogP contribution in [0.25, 0.3) is 0 Å². The predicted octanol–water partition coefficient (Wildman–Crippen LogP) is 2.52. The van der Waals surface area contributed by atoms with Gasteiger partial charge in [-0.15, -0.1) is 0 Å². The van der Waals surface area contributed by atoms with Crippen LogP contribution in [-0.4, -0.2) is 21.6 Å². The first-order chi connectivity index (χ1) is 10.4. The normalized spacial score (nSPS) is 13.0. The molecule has 1 amide bonds. The van der Waals surface area contributed by atoms with Gasteiger partial charge in [0.1, 0.15) is 11.5 Å². The number of furan rings is 1. The summed E-state index contributed by atoms with van der Waals surface area (Å²) in [4.78, 5) is 18.6. The van der Waals surface area contributed by atoms with Gasteiger partial charge in [0, 0.05) is 18.4 Å². The molecule has 0 aliphatic carbocycles. The number of halogens is 3. The number of primary amides is 1. The van der Waals surface area contributed by atoms with Crippen LogP contribution < -0.4 is 5.73 Å². The number of hydrogen-bond acceptors (Lipinski definition) is 5. The molecule has 2 aromatic rings. The van der Waals surface area contributed by atoms with E-state index in [1.807, 2.05) is 0 Å². The molecule has 118 valence electrons. The van der Waals surface area contributed by atoms with Crippen molar-refractivity contribution in [3.63, 3.8) is 0 Å². The summed E-state index contributed by atoms with van der Waals surface area (Å²) in [6, 6.07) is 4.16. The van der Waals surface area contributed by atoms with Crippen molar-refractivity contribution < 1.29 is 22.4 Å². The number of hydrogen-bond donors (Lipinski definition) is 1. The third kappa shape index (κ3) is 4.48. The molecule has 5 nitrogen and oxygen atoms in total. The van der Waals surface area contributed by atoms with E-state index in [4.69, 9.17) is 10.2 Å². The Morgan fingerprint density at radius 2 is 2.18 bits per heavy atom. The lowest BCUT2D eigenvalue weighted by molar-refractivity contribution is -0.141. The molecule has 0 radical (unpaired) electrons. The molecule has 0 bridgehead atoms. The van der Waals surface area contributed by atoms with Crippen LogP contribution in [0.4, 0.5) is 13.2 Å². The largest absolute Gasteiger partial charge is 0.469 e. The molecule has 2 rings (SSSR count). The number of carbonyl (C=O) groups is 1. The Labute approximate surface area is 128 Å². The summed E-state index contributed by atoms with van der Waals surface area (Å²) in [6.07, 6.45) is -1.76. The van der Waals surface area contributed by atoms with Crippen molar-refractivity contribution in [2.75, 3.05) is 5.75 Å². The molecule has 2 heterocycles. The van der Waals surface area contributed by atoms with E-state index in [0.717, 1.165) is 24.0 Å². The van der Waals surface area contributed by atoms with Gasteiger partial charge in [-0.05, 0) is 18.2 Å². The molecule has 0 fully saturated rings. The average Bonchev–Trinajstić information content (AvgIpc) is 2.95. The molecule has 9 heteroatoms. The van der Waals surface area contributed by atoms with Crippen LogP contribution in [0.5, 0.6) is 0 Å². The summed E-state index contributed by atoms with van der Waals surface area (Å²) in [7, 11) is 0. The van der Waals surface area contributed by atoms with Crippen molar-refractivity contribution in [1.82, 2.24) is 9.97 Å². The summed E-state index contributed by atoms with van der Waals surface area (Å²) in [5.41, 5.74) is 4.28. The number of carbonyl (C=O) groups excluding carboxylic acids is 1. The predicted molar refractivity (Wildman–Crippen MR) is 72.9 cm³/mol. The van der Waals surface area contributed by atoms with E-state index >= 15 is 0 Å². The Balaban J connectivity index is 2.02. The maximum absolute atomic E-state index is 12.6. The second-order valence-corrected chi connectivity index (χ2v) is 5.40. The molecule has 1 unspecified atom stereocenters. The first-order valence-corrected chi connectivity index (χ1v) is 7.19. The fraction of sp³-hybridized carbons (Fsp3) is 0.308. The summed E-state index contributed by atoms with van der Waals surface area (Å²) < 4.78 is 42.8. The lowest BCUT2D eigenvalue weighted by Gasteiger charge is -2.11. The Hall–Kier alpha value is -2.03. The highest BCUT2D eigenvalue weighted by atomic mass is 32.2. The van der Waals surface area contributed by atoms with Gasteiger partial charge in [0.15, 0.2) is 5.16 Å². The zero-order valence-electron chi connectivity index (χ0n) is 11.2. The minimum absolute atomic E-state index is 0.0551. The number of nitrogens with two attached hydrogens (primary N) is 1. The summed E-state index contributed by atoms with van der Waals surface area (Å²) >= 11 is 0.944. The average molecular weight is 331 g/mol. The van der Waals surface area contributed by atoms with Gasteiger partial charge < -0.3 is 10.2 Å². The number of alkyl halides is 3. The van der Waals surface area contributed by atoms with Gasteiger partial charge >= 0.3 is 6.18 Å². The molecule has 0 saturated carbocycles. The maximum Gasteiger partial charge on any atom is 0.433 e. The van der Waals surface area contributed by atoms with Gasteiger partial charge in [-0.25, -0.2) is 9.97 Å². The number of aromatic nitrogens is 2. The molecule has 1 atom stereocenters. The van der Waals surface area contributed by atoms with Crippen LogP contribution in [-0.2, 0) is 17.4 Å². The molecule has 0 aliphatic rings. The van der Waals surface area contributed by atoms with Crippen molar-refractivity contribution >= 4 is 17.7 Å². The van der Waals surface area contributed by atoms with Gasteiger partial charge in [0.2, 0.25) is 5.91 Å². The third-order valence-electron chi connectivity index (χ3n) is 2.77. The summed E-state index contributed by atoms with van der Waals surface area (Å²) in [5, 5.41) is -0.0551. The highest BCUT2D eigenvalue weighted by Crippen LogP contribution is 2.29. The van der Waals surface area contributed by atoms with E-state index in [1.54, 1.807) is 12.1 Å². The highest BCUT2D eigenvalue weighted by Gasteiger charge is 2.32. The van der Waals surface area contributed by atoms with E-state index in [9.17, 15) is 18.0 Å². The summed E-state index contributed by atoms with van der Waals surface area (Å²) in [5.74, 6) is -0.406. The minimum Gasteiger partial charge on any atom is -0.469 e. The molecule has 0 spiro atoms. The summed E-state index contributed by atoms with van der Waals surface area (Å²) in [6.45, 7) is 0. The second kappa shape index (κ2) is 6.82. The van der Waals surface area contributed by atoms with E-state index < -0.39 is 23.7 Å². The Morgan fingerprint density at radius 1 is 1.41 bits per heavy atom. The number of nitrogens with zero attached hydrogens (tertiary/aromatic N) is 2. The Kier molecular flexibility index (Phi) is 5.07. The molecule has 2 N–H and O–H groups in total. The zero-order chi connectivity index (χ0) is 16.2. The van der Waals surface area contributed by atoms with Crippen molar-refractivity contribution in [1.29, 1.82) is 0 Å². The van der Waals surface area contributed by atoms with E-state index in [0.29, 0.717) is 5.76 Å². The Morgan fingerprint density at radius 3 is 2.77 bits per heavy atom. The number of rotatable bonds is 6. The highest BCUT2D eigenvalue weighted by molar-refractivity contribution is 7.99. The van der Waals surface area contributed by atoms with Crippen LogP contribution in [0.1, 0.15) is 11.5 Å². The Bertz CT molecular complexity index is 632. The molecule has 0 aromatic carbocycles. The first kappa shape index (κ1) is 16.3. The zero-order valence-corrected chi connectivity index (χ0v) is 12.0. The van der Waals surface area contributed by atoms with Crippen molar-refractivity contribution in [2.24, 2.45) is 11.7 Å². The lowest BCUT2D eigenvalue weighted by Crippen LogP contribution is -2.27. The van der Waals surface area contributed by atoms with Gasteiger partial charge in [-0.2, -0.15) is 13.2 Å². The van der Waals surface area contributed by atoms with Crippen LogP contribution >= 0.6 is 11.8 Å². The molecular weight excluding hydrogens is 319 g/mol. The van der Waals surface area contributed by atoms with Crippen LogP contribution in [0.15, 0.2) is 40.2 Å². The van der Waals surface area contributed by atoms with Gasteiger partial charge in [-0.3, -0.25) is 4.79 Å². The van der Waals surface area contributed by atoms with Crippen molar-refractivity contribution in [3.8, 4) is 0 Å². The second-order valence-electron chi connectivity index (χ2n) is 4.42. The fourth-order valence-electron chi connectivity index (χ4n) is 1.66. The topological polar surface area (TPSA) is 82.0 Å². The quantitative estimate of drug-likeness (QED) is 0.650. The standard InChI is InChI=1S/C13H12F3N3O2S/c14-13(15,16)10-3-4-18-12(19-10)22-7-8(11(17)20)6-9-2-1-5-21-9/h1-5,8H,6-7H2,(H2,17,20). The third-order valence-corrected chi connectivity index (χ3v) is 3.79. The minimum atomic E-state index is -4.53. The molecule has 0 saturated heterocycles. The monoisotopic (exact) mass is 331 g/mol. The molecule has 2 aromatic heterocycles. The van der Waals surface area contributed by atoms with Crippen molar-refractivity contribution in [3.05, 3.63) is 42.1 Å². The van der Waals surface area contributed by atoms with E-state index in [2.05, 4.69) is 9.97 Å². The number of amides is 1. The van der Waals surface area contributed by atoms with Crippen LogP contribution in [0.3, 0.4) is 0 Å². The molecule has 0 aliphatic heterocycles. The SMILES string of the molecule is NC(=O)C(CSc1nccc(C(F)(F)F)n1)Cc1ccco1. The van der Waals surface area contributed by atoms with Gasteiger partial charge in [0.25, 0.3) is 0 Å². The van der Waals surface area contributed by atoms with E-state index in [1.165, 1.54) is 6.26 Å². The fourth-order valence-corrected chi connectivity index (χ4v) is 2.59. The van der Waals surface area contributed by atoms with Crippen LogP contribution in [0.2, 0.25) is 0 Å². The van der Waals surface area contributed by atoms with E-state index in [-0.39, 0.29) is 17.3 Å². The molecular formula is C13H12F3N3O2S. The van der Waals surface area contributed by atoms with Crippen molar-refractivity contribution in [2.45, 2.75) is 17.8 Å².